The molecule has 1 heterocycles. The van der Waals surface area contributed by atoms with Crippen LogP contribution in [0, 0.1) is 6.92 Å². The van der Waals surface area contributed by atoms with Gasteiger partial charge in [0.25, 0.3) is 5.91 Å². The maximum atomic E-state index is 11.3. The van der Waals surface area contributed by atoms with Gasteiger partial charge in [-0.25, -0.2) is 4.79 Å². The van der Waals surface area contributed by atoms with Crippen LogP contribution in [0.2, 0.25) is 0 Å². The van der Waals surface area contributed by atoms with Gasteiger partial charge in [0, 0.05) is 13.1 Å². The molecule has 1 aromatic carbocycles. The Hall–Kier alpha value is -2.96. The zero-order valence-corrected chi connectivity index (χ0v) is 11.5. The Labute approximate surface area is 120 Å². The van der Waals surface area contributed by atoms with Crippen LogP contribution in [0.1, 0.15) is 26.4 Å². The molecule has 108 valence electrons. The van der Waals surface area contributed by atoms with Crippen LogP contribution in [0.4, 0.5) is 0 Å². The van der Waals surface area contributed by atoms with Crippen LogP contribution in [0.3, 0.4) is 0 Å². The van der Waals surface area contributed by atoms with Gasteiger partial charge >= 0.3 is 5.97 Å². The van der Waals surface area contributed by atoms with Gasteiger partial charge < -0.3 is 15.2 Å². The summed E-state index contributed by atoms with van der Waals surface area (Å²) in [6.07, 6.45) is 0. The second kappa shape index (κ2) is 6.00. The summed E-state index contributed by atoms with van der Waals surface area (Å²) < 4.78 is 5.50. The topological polar surface area (TPSA) is 101 Å². The van der Waals surface area contributed by atoms with Crippen LogP contribution in [-0.4, -0.2) is 34.2 Å². The number of carbonyl (C=O) groups is 2. The number of aromatic carboxylic acids is 1. The number of carboxylic acid groups (broad SMARTS) is 1. The summed E-state index contributed by atoms with van der Waals surface area (Å²) in [6.45, 7) is 1.79. The van der Waals surface area contributed by atoms with Gasteiger partial charge in [0.15, 0.2) is 5.69 Å². The number of benzene rings is 1. The van der Waals surface area contributed by atoms with Crippen LogP contribution in [0.25, 0.3) is 0 Å². The van der Waals surface area contributed by atoms with Crippen LogP contribution >= 0.6 is 0 Å². The van der Waals surface area contributed by atoms with Crippen molar-refractivity contribution in [3.63, 3.8) is 0 Å². The monoisotopic (exact) mass is 287 g/mol. The third-order valence-corrected chi connectivity index (χ3v) is 2.75. The molecule has 0 fully saturated rings. The molecular weight excluding hydrogens is 274 g/mol. The fourth-order valence-corrected chi connectivity index (χ4v) is 1.58. The quantitative estimate of drug-likeness (QED) is 0.886. The summed E-state index contributed by atoms with van der Waals surface area (Å²) in [5.41, 5.74) is 1.04. The summed E-state index contributed by atoms with van der Waals surface area (Å²) in [7, 11) is 1.50. The number of nitrogens with zero attached hydrogens (tertiary/aromatic N) is 2. The number of ether oxygens (including phenoxy) is 1. The Balaban J connectivity index is 2.23. The number of aromatic nitrogens is 2. The van der Waals surface area contributed by atoms with E-state index >= 15 is 0 Å². The van der Waals surface area contributed by atoms with E-state index in [1.165, 1.54) is 31.3 Å². The van der Waals surface area contributed by atoms with Gasteiger partial charge in [-0.05, 0) is 30.7 Å². The van der Waals surface area contributed by atoms with E-state index in [0.717, 1.165) is 5.56 Å². The van der Waals surface area contributed by atoms with Crippen molar-refractivity contribution in [2.75, 3.05) is 7.05 Å². The van der Waals surface area contributed by atoms with Crippen molar-refractivity contribution < 1.29 is 19.4 Å². The maximum Gasteiger partial charge on any atom is 0.335 e. The zero-order valence-electron chi connectivity index (χ0n) is 11.5. The van der Waals surface area contributed by atoms with Gasteiger partial charge in [0.05, 0.1) is 5.56 Å². The minimum Gasteiger partial charge on any atom is -0.478 e. The van der Waals surface area contributed by atoms with Gasteiger partial charge in [0.1, 0.15) is 5.75 Å². The second-order valence-corrected chi connectivity index (χ2v) is 4.22. The minimum absolute atomic E-state index is 0.116. The number of hydrogen-bond donors (Lipinski definition) is 2. The predicted octanol–water partition coefficient (Wildman–Crippen LogP) is 1.64. The van der Waals surface area contributed by atoms with Crippen molar-refractivity contribution in [2.24, 2.45) is 0 Å². The first-order chi connectivity index (χ1) is 10.0. The molecule has 2 N–H and O–H groups in total. The van der Waals surface area contributed by atoms with Crippen molar-refractivity contribution in [3.8, 4) is 11.6 Å². The molecule has 0 saturated carbocycles. The van der Waals surface area contributed by atoms with Gasteiger partial charge in [-0.1, -0.05) is 6.07 Å². The highest BCUT2D eigenvalue weighted by Crippen LogP contribution is 2.24. The number of carbonyl (C=O) groups excluding carboxylic acids is 1. The molecule has 1 amide bonds. The second-order valence-electron chi connectivity index (χ2n) is 4.22. The van der Waals surface area contributed by atoms with E-state index in [1.54, 1.807) is 13.0 Å². The highest BCUT2D eigenvalue weighted by molar-refractivity contribution is 5.91. The highest BCUT2D eigenvalue weighted by atomic mass is 16.5. The zero-order chi connectivity index (χ0) is 15.4. The van der Waals surface area contributed by atoms with Crippen molar-refractivity contribution >= 4 is 11.9 Å². The maximum absolute atomic E-state index is 11.3. The molecule has 7 nitrogen and oxygen atoms in total. The third kappa shape index (κ3) is 3.33. The molecule has 0 bridgehead atoms. The Kier molecular flexibility index (Phi) is 4.13. The lowest BCUT2D eigenvalue weighted by molar-refractivity contribution is 0.0696. The standard InChI is InChI=1S/C14H13N3O4/c1-8-3-4-9(14(19)20)7-11(8)21-12-6-5-10(16-17-12)13(18)15-2/h3-7H,1-2H3,(H,15,18)(H,19,20). The molecule has 0 aliphatic carbocycles. The smallest absolute Gasteiger partial charge is 0.335 e. The van der Waals surface area contributed by atoms with Crippen LogP contribution in [-0.2, 0) is 0 Å². The number of nitrogens with one attached hydrogen (secondary N) is 1. The van der Waals surface area contributed by atoms with Gasteiger partial charge in [-0.3, -0.25) is 4.79 Å². The molecule has 0 radical (unpaired) electrons. The minimum atomic E-state index is -1.04. The first-order valence-electron chi connectivity index (χ1n) is 6.09. The molecule has 21 heavy (non-hydrogen) atoms. The fourth-order valence-electron chi connectivity index (χ4n) is 1.58. The van der Waals surface area contributed by atoms with E-state index in [4.69, 9.17) is 9.84 Å². The van der Waals surface area contributed by atoms with Crippen LogP contribution in [0.5, 0.6) is 11.6 Å². The number of aryl methyl sites for hydroxylation is 1. The molecule has 0 atom stereocenters. The molecule has 7 heteroatoms. The highest BCUT2D eigenvalue weighted by Gasteiger charge is 2.10. The van der Waals surface area contributed by atoms with Crippen molar-refractivity contribution in [1.82, 2.24) is 15.5 Å². The van der Waals surface area contributed by atoms with E-state index in [-0.39, 0.29) is 23.0 Å². The van der Waals surface area contributed by atoms with Gasteiger partial charge in [-0.2, -0.15) is 0 Å². The number of carboxylic acids is 1. The molecule has 0 aliphatic heterocycles. The molecule has 2 rings (SSSR count). The lowest BCUT2D eigenvalue weighted by atomic mass is 10.1. The fraction of sp³-hybridized carbons (Fsp3) is 0.143. The van der Waals surface area contributed by atoms with E-state index in [9.17, 15) is 9.59 Å². The normalized spacial score (nSPS) is 10.0. The first kappa shape index (κ1) is 14.4. The Morgan fingerprint density at radius 3 is 2.52 bits per heavy atom. The van der Waals surface area contributed by atoms with Crippen molar-refractivity contribution in [3.05, 3.63) is 47.2 Å². The molecule has 0 spiro atoms. The van der Waals surface area contributed by atoms with E-state index in [1.807, 2.05) is 0 Å². The van der Waals surface area contributed by atoms with Gasteiger partial charge in [0.2, 0.25) is 5.88 Å². The van der Waals surface area contributed by atoms with Gasteiger partial charge in [-0.15, -0.1) is 10.2 Å². The molecule has 0 unspecified atom stereocenters. The van der Waals surface area contributed by atoms with Crippen LogP contribution in [0.15, 0.2) is 30.3 Å². The molecule has 1 aromatic heterocycles. The van der Waals surface area contributed by atoms with E-state index < -0.39 is 5.97 Å². The summed E-state index contributed by atoms with van der Waals surface area (Å²) in [5.74, 6) is -0.843. The first-order valence-corrected chi connectivity index (χ1v) is 6.09. The van der Waals surface area contributed by atoms with E-state index in [0.29, 0.717) is 5.75 Å². The summed E-state index contributed by atoms with van der Waals surface area (Å²) in [4.78, 5) is 22.3. The Morgan fingerprint density at radius 1 is 1.19 bits per heavy atom. The average Bonchev–Trinajstić information content (AvgIpc) is 2.49. The molecular formula is C14H13N3O4. The lowest BCUT2D eigenvalue weighted by Crippen LogP contribution is -2.19. The van der Waals surface area contributed by atoms with Crippen LogP contribution < -0.4 is 10.1 Å². The molecule has 0 saturated heterocycles. The number of rotatable bonds is 4. The van der Waals surface area contributed by atoms with E-state index in [2.05, 4.69) is 15.5 Å². The lowest BCUT2D eigenvalue weighted by Gasteiger charge is -2.08. The summed E-state index contributed by atoms with van der Waals surface area (Å²) in [6, 6.07) is 7.50. The Bertz CT molecular complexity index is 683. The molecule has 2 aromatic rings. The largest absolute Gasteiger partial charge is 0.478 e. The molecule has 0 aliphatic rings. The average molecular weight is 287 g/mol. The summed E-state index contributed by atoms with van der Waals surface area (Å²) in [5, 5.41) is 18.9. The van der Waals surface area contributed by atoms with Crippen molar-refractivity contribution in [2.45, 2.75) is 6.92 Å². The third-order valence-electron chi connectivity index (χ3n) is 2.75. The van der Waals surface area contributed by atoms with Crippen molar-refractivity contribution in [1.29, 1.82) is 0 Å². The Morgan fingerprint density at radius 2 is 1.95 bits per heavy atom. The number of amides is 1. The number of hydrogen-bond acceptors (Lipinski definition) is 5. The SMILES string of the molecule is CNC(=O)c1ccc(Oc2cc(C(=O)O)ccc2C)nn1. The summed E-state index contributed by atoms with van der Waals surface area (Å²) >= 11 is 0. The predicted molar refractivity (Wildman–Crippen MR) is 73.6 cm³/mol.